The molecule has 1 aromatic rings. The zero-order chi connectivity index (χ0) is 12.5. The summed E-state index contributed by atoms with van der Waals surface area (Å²) in [6.07, 6.45) is 5.46. The van der Waals surface area contributed by atoms with Crippen molar-refractivity contribution >= 4 is 0 Å². The van der Waals surface area contributed by atoms with Gasteiger partial charge in [-0.1, -0.05) is 26.8 Å². The van der Waals surface area contributed by atoms with Gasteiger partial charge in [0.25, 0.3) is 0 Å². The van der Waals surface area contributed by atoms with Crippen LogP contribution in [0.4, 0.5) is 0 Å². The average Bonchev–Trinajstić information content (AvgIpc) is 2.28. The van der Waals surface area contributed by atoms with Crippen molar-refractivity contribution in [1.82, 2.24) is 10.4 Å². The standard InChI is InChI=1S/C14H23N3/c1-14(2,3)13(17-15)11-8-4-6-10-7-5-9-16-12(10)11/h5,7,9,11,13,17H,4,6,8,15H2,1-3H3. The molecule has 0 amide bonds. The molecule has 1 heterocycles. The molecule has 0 bridgehead atoms. The van der Waals surface area contributed by atoms with Crippen molar-refractivity contribution in [1.29, 1.82) is 0 Å². The molecule has 3 heteroatoms. The number of hydrogen-bond donors (Lipinski definition) is 2. The normalized spacial score (nSPS) is 22.0. The number of hydrazine groups is 1. The Kier molecular flexibility index (Phi) is 3.50. The van der Waals surface area contributed by atoms with E-state index in [0.29, 0.717) is 5.92 Å². The lowest BCUT2D eigenvalue weighted by atomic mass is 9.72. The molecule has 0 aromatic carbocycles. The van der Waals surface area contributed by atoms with Gasteiger partial charge in [-0.25, -0.2) is 0 Å². The summed E-state index contributed by atoms with van der Waals surface area (Å²) in [7, 11) is 0. The van der Waals surface area contributed by atoms with Crippen LogP contribution in [0.3, 0.4) is 0 Å². The molecule has 0 radical (unpaired) electrons. The summed E-state index contributed by atoms with van der Waals surface area (Å²) in [6, 6.07) is 4.50. The fraction of sp³-hybridized carbons (Fsp3) is 0.643. The van der Waals surface area contributed by atoms with E-state index >= 15 is 0 Å². The highest BCUT2D eigenvalue weighted by Crippen LogP contribution is 2.38. The van der Waals surface area contributed by atoms with Crippen LogP contribution >= 0.6 is 0 Å². The summed E-state index contributed by atoms with van der Waals surface area (Å²) in [6.45, 7) is 6.69. The number of aryl methyl sites for hydroxylation is 1. The third kappa shape index (κ3) is 2.50. The first-order valence-electron chi connectivity index (χ1n) is 6.44. The first-order chi connectivity index (χ1) is 8.04. The summed E-state index contributed by atoms with van der Waals surface area (Å²) in [5.41, 5.74) is 5.80. The van der Waals surface area contributed by atoms with Gasteiger partial charge in [-0.2, -0.15) is 0 Å². The molecule has 2 unspecified atom stereocenters. The average molecular weight is 233 g/mol. The van der Waals surface area contributed by atoms with E-state index in [4.69, 9.17) is 5.84 Å². The van der Waals surface area contributed by atoms with E-state index in [-0.39, 0.29) is 11.5 Å². The monoisotopic (exact) mass is 233 g/mol. The topological polar surface area (TPSA) is 50.9 Å². The Morgan fingerprint density at radius 1 is 1.47 bits per heavy atom. The SMILES string of the molecule is CC(C)(C)C(NN)C1CCCc2cccnc21. The van der Waals surface area contributed by atoms with Gasteiger partial charge < -0.3 is 0 Å². The Balaban J connectivity index is 2.34. The fourth-order valence-electron chi connectivity index (χ4n) is 2.94. The maximum atomic E-state index is 5.77. The molecule has 1 aromatic heterocycles. The van der Waals surface area contributed by atoms with Gasteiger partial charge in [-0.15, -0.1) is 0 Å². The molecule has 1 aliphatic rings. The molecular formula is C14H23N3. The van der Waals surface area contributed by atoms with Gasteiger partial charge in [0, 0.05) is 23.9 Å². The van der Waals surface area contributed by atoms with Crippen LogP contribution in [0, 0.1) is 5.41 Å². The maximum absolute atomic E-state index is 5.77. The quantitative estimate of drug-likeness (QED) is 0.609. The zero-order valence-electron chi connectivity index (χ0n) is 11.0. The first-order valence-corrected chi connectivity index (χ1v) is 6.44. The summed E-state index contributed by atoms with van der Waals surface area (Å²) in [5.74, 6) is 6.20. The van der Waals surface area contributed by atoms with E-state index in [2.05, 4.69) is 37.2 Å². The Labute approximate surface area is 104 Å². The van der Waals surface area contributed by atoms with Crippen molar-refractivity contribution in [3.63, 3.8) is 0 Å². The van der Waals surface area contributed by atoms with Crippen LogP contribution in [-0.2, 0) is 6.42 Å². The van der Waals surface area contributed by atoms with Crippen molar-refractivity contribution in [3.8, 4) is 0 Å². The van der Waals surface area contributed by atoms with Gasteiger partial charge in [0.05, 0.1) is 0 Å². The van der Waals surface area contributed by atoms with Gasteiger partial charge in [0.2, 0.25) is 0 Å². The Morgan fingerprint density at radius 2 is 2.24 bits per heavy atom. The van der Waals surface area contributed by atoms with Crippen LogP contribution in [0.15, 0.2) is 18.3 Å². The number of nitrogens with one attached hydrogen (secondary N) is 1. The number of aromatic nitrogens is 1. The molecule has 0 saturated heterocycles. The second kappa shape index (κ2) is 4.75. The predicted molar refractivity (Wildman–Crippen MR) is 70.5 cm³/mol. The molecule has 94 valence electrons. The van der Waals surface area contributed by atoms with Crippen LogP contribution in [0.1, 0.15) is 50.8 Å². The molecule has 0 saturated carbocycles. The van der Waals surface area contributed by atoms with Gasteiger partial charge in [-0.05, 0) is 36.3 Å². The maximum Gasteiger partial charge on any atom is 0.0482 e. The zero-order valence-corrected chi connectivity index (χ0v) is 11.0. The summed E-state index contributed by atoms with van der Waals surface area (Å²) in [4.78, 5) is 4.59. The minimum Gasteiger partial charge on any atom is -0.271 e. The minimum absolute atomic E-state index is 0.144. The van der Waals surface area contributed by atoms with E-state index in [1.165, 1.54) is 24.1 Å². The van der Waals surface area contributed by atoms with Gasteiger partial charge in [-0.3, -0.25) is 16.3 Å². The lowest BCUT2D eigenvalue weighted by Crippen LogP contribution is -2.49. The number of fused-ring (bicyclic) bond motifs is 1. The van der Waals surface area contributed by atoms with Gasteiger partial charge >= 0.3 is 0 Å². The van der Waals surface area contributed by atoms with Crippen molar-refractivity contribution < 1.29 is 0 Å². The van der Waals surface area contributed by atoms with E-state index in [1.807, 2.05) is 12.3 Å². The highest BCUT2D eigenvalue weighted by molar-refractivity contribution is 5.27. The first kappa shape index (κ1) is 12.5. The molecular weight excluding hydrogens is 210 g/mol. The Morgan fingerprint density at radius 3 is 2.88 bits per heavy atom. The van der Waals surface area contributed by atoms with Crippen LogP contribution < -0.4 is 11.3 Å². The molecule has 17 heavy (non-hydrogen) atoms. The number of nitrogens with two attached hydrogens (primary N) is 1. The third-order valence-electron chi connectivity index (χ3n) is 3.75. The molecule has 0 aliphatic heterocycles. The van der Waals surface area contributed by atoms with Crippen LogP contribution in [-0.4, -0.2) is 11.0 Å². The van der Waals surface area contributed by atoms with Crippen LogP contribution in [0.2, 0.25) is 0 Å². The summed E-state index contributed by atoms with van der Waals surface area (Å²) < 4.78 is 0. The summed E-state index contributed by atoms with van der Waals surface area (Å²) >= 11 is 0. The molecule has 1 aliphatic carbocycles. The van der Waals surface area contributed by atoms with Crippen LogP contribution in [0.5, 0.6) is 0 Å². The van der Waals surface area contributed by atoms with Gasteiger partial charge in [0.15, 0.2) is 0 Å². The molecule has 3 N–H and O–H groups in total. The number of rotatable bonds is 2. The van der Waals surface area contributed by atoms with E-state index in [9.17, 15) is 0 Å². The third-order valence-corrected chi connectivity index (χ3v) is 3.75. The second-order valence-corrected chi connectivity index (χ2v) is 6.06. The second-order valence-electron chi connectivity index (χ2n) is 6.06. The van der Waals surface area contributed by atoms with E-state index < -0.39 is 0 Å². The molecule has 3 nitrogen and oxygen atoms in total. The number of nitrogens with zero attached hydrogens (tertiary/aromatic N) is 1. The smallest absolute Gasteiger partial charge is 0.0482 e. The van der Waals surface area contributed by atoms with Crippen molar-refractivity contribution in [3.05, 3.63) is 29.6 Å². The highest BCUT2D eigenvalue weighted by atomic mass is 15.2. The summed E-state index contributed by atoms with van der Waals surface area (Å²) in [5, 5.41) is 0. The molecule has 2 atom stereocenters. The van der Waals surface area contributed by atoms with Gasteiger partial charge in [0.1, 0.15) is 0 Å². The van der Waals surface area contributed by atoms with Crippen molar-refractivity contribution in [2.45, 2.75) is 52.0 Å². The lowest BCUT2D eigenvalue weighted by Gasteiger charge is -2.38. The van der Waals surface area contributed by atoms with E-state index in [1.54, 1.807) is 0 Å². The predicted octanol–water partition coefficient (Wildman–Crippen LogP) is 2.38. The minimum atomic E-state index is 0.144. The van der Waals surface area contributed by atoms with Crippen molar-refractivity contribution in [2.75, 3.05) is 0 Å². The number of hydrogen-bond acceptors (Lipinski definition) is 3. The van der Waals surface area contributed by atoms with Crippen molar-refractivity contribution in [2.24, 2.45) is 11.3 Å². The molecule has 2 rings (SSSR count). The molecule has 0 fully saturated rings. The largest absolute Gasteiger partial charge is 0.271 e. The molecule has 0 spiro atoms. The highest BCUT2D eigenvalue weighted by Gasteiger charge is 2.35. The van der Waals surface area contributed by atoms with E-state index in [0.717, 1.165) is 6.42 Å². The Bertz CT molecular complexity index is 381. The lowest BCUT2D eigenvalue weighted by molar-refractivity contribution is 0.217. The Hall–Kier alpha value is -0.930. The van der Waals surface area contributed by atoms with Crippen LogP contribution in [0.25, 0.3) is 0 Å². The number of pyridine rings is 1. The fourth-order valence-corrected chi connectivity index (χ4v) is 2.94.